The van der Waals surface area contributed by atoms with Gasteiger partial charge in [-0.1, -0.05) is 0 Å². The van der Waals surface area contributed by atoms with Crippen LogP contribution in [0.4, 0.5) is 5.69 Å². The number of ether oxygens (including phenoxy) is 1. The summed E-state index contributed by atoms with van der Waals surface area (Å²) >= 11 is 0. The van der Waals surface area contributed by atoms with E-state index in [2.05, 4.69) is 10.3 Å². The molecule has 0 aliphatic carbocycles. The molecule has 1 aromatic heterocycles. The second kappa shape index (κ2) is 3.82. The van der Waals surface area contributed by atoms with E-state index in [4.69, 9.17) is 4.74 Å². The molecule has 0 unspecified atom stereocenters. The van der Waals surface area contributed by atoms with Crippen LogP contribution in [0.2, 0.25) is 0 Å². The largest absolute Gasteiger partial charge is 0.472 e. The topological polar surface area (TPSA) is 77.3 Å². The zero-order chi connectivity index (χ0) is 10.8. The van der Waals surface area contributed by atoms with Gasteiger partial charge in [0.1, 0.15) is 12.3 Å². The first-order chi connectivity index (χ1) is 7.16. The van der Waals surface area contributed by atoms with Crippen LogP contribution < -0.4 is 10.1 Å². The minimum atomic E-state index is -0.447. The molecule has 0 atom stereocenters. The van der Waals surface area contributed by atoms with Gasteiger partial charge in [-0.2, -0.15) is 0 Å². The van der Waals surface area contributed by atoms with Crippen LogP contribution in [0.15, 0.2) is 12.3 Å². The fourth-order valence-electron chi connectivity index (χ4n) is 1.29. The third-order valence-electron chi connectivity index (χ3n) is 2.29. The summed E-state index contributed by atoms with van der Waals surface area (Å²) in [6.07, 6.45) is 1.37. The van der Waals surface area contributed by atoms with E-state index in [-0.39, 0.29) is 11.8 Å². The van der Waals surface area contributed by atoms with Crippen LogP contribution in [-0.4, -0.2) is 29.1 Å². The average molecular weight is 209 g/mol. The highest BCUT2D eigenvalue weighted by Gasteiger charge is 2.20. The van der Waals surface area contributed by atoms with Crippen molar-refractivity contribution >= 4 is 5.69 Å². The average Bonchev–Trinajstić information content (AvgIpc) is 2.11. The van der Waals surface area contributed by atoms with Crippen molar-refractivity contribution in [2.45, 2.75) is 13.0 Å². The Morgan fingerprint density at radius 3 is 2.87 bits per heavy atom. The van der Waals surface area contributed by atoms with Gasteiger partial charge in [0, 0.05) is 24.7 Å². The summed E-state index contributed by atoms with van der Waals surface area (Å²) in [5.74, 6) is 0.449. The Morgan fingerprint density at radius 2 is 2.40 bits per heavy atom. The number of aromatic nitrogens is 1. The summed E-state index contributed by atoms with van der Waals surface area (Å²) in [6, 6.07) is 1.59. The standard InChI is InChI=1S/C9H11N3O3/c1-6-2-9(15-7-3-10-4-7)11-5-8(6)12(13)14/h2,5,7,10H,3-4H2,1H3. The number of nitrogens with zero attached hydrogens (tertiary/aromatic N) is 2. The lowest BCUT2D eigenvalue weighted by atomic mass is 10.2. The summed E-state index contributed by atoms with van der Waals surface area (Å²) in [7, 11) is 0. The lowest BCUT2D eigenvalue weighted by molar-refractivity contribution is -0.385. The fourth-order valence-corrected chi connectivity index (χ4v) is 1.29. The Morgan fingerprint density at radius 1 is 1.67 bits per heavy atom. The fraction of sp³-hybridized carbons (Fsp3) is 0.444. The Hall–Kier alpha value is -1.69. The van der Waals surface area contributed by atoms with E-state index in [1.165, 1.54) is 6.20 Å². The molecule has 1 aliphatic rings. The number of rotatable bonds is 3. The monoisotopic (exact) mass is 209 g/mol. The zero-order valence-corrected chi connectivity index (χ0v) is 8.27. The third-order valence-corrected chi connectivity index (χ3v) is 2.29. The summed E-state index contributed by atoms with van der Waals surface area (Å²) in [5, 5.41) is 13.6. The van der Waals surface area contributed by atoms with Crippen molar-refractivity contribution < 1.29 is 9.66 Å². The SMILES string of the molecule is Cc1cc(OC2CNC2)ncc1[N+](=O)[O-]. The Bertz CT molecular complexity index is 390. The molecule has 0 saturated carbocycles. The minimum absolute atomic E-state index is 0.0223. The molecule has 6 heteroatoms. The van der Waals surface area contributed by atoms with Crippen molar-refractivity contribution in [3.63, 3.8) is 0 Å². The molecule has 6 nitrogen and oxygen atoms in total. The lowest BCUT2D eigenvalue weighted by Gasteiger charge is -2.27. The molecule has 1 fully saturated rings. The molecule has 15 heavy (non-hydrogen) atoms. The highest BCUT2D eigenvalue weighted by atomic mass is 16.6. The van der Waals surface area contributed by atoms with Crippen LogP contribution in [0.5, 0.6) is 5.88 Å². The van der Waals surface area contributed by atoms with Crippen LogP contribution in [-0.2, 0) is 0 Å². The molecule has 1 saturated heterocycles. The summed E-state index contributed by atoms with van der Waals surface area (Å²) < 4.78 is 5.47. The van der Waals surface area contributed by atoms with E-state index in [1.54, 1.807) is 13.0 Å². The number of nitro groups is 1. The van der Waals surface area contributed by atoms with Crippen molar-refractivity contribution in [3.05, 3.63) is 27.9 Å². The molecule has 2 heterocycles. The Balaban J connectivity index is 2.13. The molecule has 2 rings (SSSR count). The van der Waals surface area contributed by atoms with E-state index >= 15 is 0 Å². The molecule has 0 amide bonds. The van der Waals surface area contributed by atoms with Crippen molar-refractivity contribution in [2.75, 3.05) is 13.1 Å². The quantitative estimate of drug-likeness (QED) is 0.584. The zero-order valence-electron chi connectivity index (χ0n) is 8.27. The maximum atomic E-state index is 10.5. The van der Waals surface area contributed by atoms with Crippen LogP contribution >= 0.6 is 0 Å². The molecule has 80 valence electrons. The van der Waals surface area contributed by atoms with E-state index in [1.807, 2.05) is 0 Å². The number of nitrogens with one attached hydrogen (secondary N) is 1. The first kappa shape index (κ1) is 9.85. The maximum Gasteiger partial charge on any atom is 0.290 e. The van der Waals surface area contributed by atoms with E-state index < -0.39 is 4.92 Å². The Kier molecular flexibility index (Phi) is 2.51. The van der Waals surface area contributed by atoms with Crippen molar-refractivity contribution in [1.29, 1.82) is 0 Å². The molecule has 0 aromatic carbocycles. The first-order valence-corrected chi connectivity index (χ1v) is 4.65. The highest BCUT2D eigenvalue weighted by Crippen LogP contribution is 2.21. The van der Waals surface area contributed by atoms with Crippen LogP contribution in [0.3, 0.4) is 0 Å². The number of hydrogen-bond donors (Lipinski definition) is 1. The van der Waals surface area contributed by atoms with Gasteiger partial charge in [0.05, 0.1) is 4.92 Å². The molecule has 1 aromatic rings. The van der Waals surface area contributed by atoms with Gasteiger partial charge in [-0.15, -0.1) is 0 Å². The van der Waals surface area contributed by atoms with Gasteiger partial charge in [0.15, 0.2) is 0 Å². The van der Waals surface area contributed by atoms with Gasteiger partial charge in [-0.3, -0.25) is 10.1 Å². The molecule has 1 aliphatic heterocycles. The van der Waals surface area contributed by atoms with Gasteiger partial charge in [0.2, 0.25) is 5.88 Å². The van der Waals surface area contributed by atoms with Gasteiger partial charge in [-0.05, 0) is 6.92 Å². The first-order valence-electron chi connectivity index (χ1n) is 4.65. The van der Waals surface area contributed by atoms with Gasteiger partial charge in [-0.25, -0.2) is 4.98 Å². The number of pyridine rings is 1. The summed E-state index contributed by atoms with van der Waals surface area (Å²) in [6.45, 7) is 3.28. The summed E-state index contributed by atoms with van der Waals surface area (Å²) in [4.78, 5) is 14.0. The van der Waals surface area contributed by atoms with Crippen molar-refractivity contribution in [3.8, 4) is 5.88 Å². The van der Waals surface area contributed by atoms with Gasteiger partial charge < -0.3 is 10.1 Å². The predicted molar refractivity (Wildman–Crippen MR) is 52.9 cm³/mol. The van der Waals surface area contributed by atoms with Gasteiger partial charge in [0.25, 0.3) is 5.69 Å². The molecule has 0 bridgehead atoms. The summed E-state index contributed by atoms with van der Waals surface area (Å²) in [5.41, 5.74) is 0.589. The van der Waals surface area contributed by atoms with Crippen LogP contribution in [0.25, 0.3) is 0 Å². The van der Waals surface area contributed by atoms with E-state index in [9.17, 15) is 10.1 Å². The molecule has 1 N–H and O–H groups in total. The molecular formula is C9H11N3O3. The van der Waals surface area contributed by atoms with Crippen LogP contribution in [0.1, 0.15) is 5.56 Å². The van der Waals surface area contributed by atoms with Gasteiger partial charge >= 0.3 is 0 Å². The molecular weight excluding hydrogens is 198 g/mol. The molecule has 0 spiro atoms. The molecule has 0 radical (unpaired) electrons. The van der Waals surface area contributed by atoms with E-state index in [0.717, 1.165) is 13.1 Å². The lowest BCUT2D eigenvalue weighted by Crippen LogP contribution is -2.50. The number of hydrogen-bond acceptors (Lipinski definition) is 5. The Labute approximate surface area is 86.4 Å². The number of aryl methyl sites for hydroxylation is 1. The third kappa shape index (κ3) is 2.04. The highest BCUT2D eigenvalue weighted by molar-refractivity contribution is 5.39. The van der Waals surface area contributed by atoms with Crippen molar-refractivity contribution in [1.82, 2.24) is 10.3 Å². The normalized spacial score (nSPS) is 15.8. The van der Waals surface area contributed by atoms with Crippen molar-refractivity contribution in [2.24, 2.45) is 0 Å². The smallest absolute Gasteiger partial charge is 0.290 e. The predicted octanol–water partition coefficient (Wildman–Crippen LogP) is 0.649. The maximum absolute atomic E-state index is 10.5. The minimum Gasteiger partial charge on any atom is -0.472 e. The second-order valence-electron chi connectivity index (χ2n) is 3.46. The second-order valence-corrected chi connectivity index (χ2v) is 3.46. The van der Waals surface area contributed by atoms with Crippen LogP contribution in [0, 0.1) is 17.0 Å². The van der Waals surface area contributed by atoms with E-state index in [0.29, 0.717) is 11.4 Å².